The van der Waals surface area contributed by atoms with Gasteiger partial charge in [0.2, 0.25) is 0 Å². The summed E-state index contributed by atoms with van der Waals surface area (Å²) in [5.41, 5.74) is 0.202. The van der Waals surface area contributed by atoms with Crippen molar-refractivity contribution in [2.24, 2.45) is 0 Å². The number of aliphatic hydroxyl groups is 1. The van der Waals surface area contributed by atoms with E-state index in [1.807, 2.05) is 20.8 Å². The molecular formula is C12H20N2OS. The van der Waals surface area contributed by atoms with Gasteiger partial charge in [0.05, 0.1) is 16.2 Å². The average Bonchev–Trinajstić information content (AvgIpc) is 2.61. The summed E-state index contributed by atoms with van der Waals surface area (Å²) in [4.78, 5) is 7.92. The zero-order valence-corrected chi connectivity index (χ0v) is 11.1. The Labute approximate surface area is 101 Å². The molecule has 0 saturated carbocycles. The van der Waals surface area contributed by atoms with E-state index < -0.39 is 5.60 Å². The van der Waals surface area contributed by atoms with Gasteiger partial charge < -0.3 is 10.0 Å². The van der Waals surface area contributed by atoms with Crippen molar-refractivity contribution in [3.8, 4) is 0 Å². The van der Waals surface area contributed by atoms with Crippen LogP contribution in [0, 0.1) is 6.92 Å². The molecular weight excluding hydrogens is 220 g/mol. The zero-order chi connectivity index (χ0) is 11.8. The second-order valence-electron chi connectivity index (χ2n) is 5.02. The van der Waals surface area contributed by atoms with Crippen LogP contribution in [0.1, 0.15) is 43.7 Å². The van der Waals surface area contributed by atoms with Crippen LogP contribution in [0.25, 0.3) is 0 Å². The summed E-state index contributed by atoms with van der Waals surface area (Å²) in [6, 6.07) is 0. The molecule has 2 heterocycles. The number of hydrogen-bond acceptors (Lipinski definition) is 4. The molecule has 2 rings (SSSR count). The first-order valence-electron chi connectivity index (χ1n) is 5.94. The summed E-state index contributed by atoms with van der Waals surface area (Å²) >= 11 is 1.64. The highest BCUT2D eigenvalue weighted by molar-refractivity contribution is 7.15. The van der Waals surface area contributed by atoms with Gasteiger partial charge in [-0.05, 0) is 40.0 Å². The number of aryl methyl sites for hydroxylation is 1. The topological polar surface area (TPSA) is 36.4 Å². The van der Waals surface area contributed by atoms with Gasteiger partial charge in [-0.2, -0.15) is 0 Å². The number of thiazole rings is 1. The molecule has 3 nitrogen and oxygen atoms in total. The molecule has 1 aromatic rings. The molecule has 0 radical (unpaired) electrons. The lowest BCUT2D eigenvalue weighted by molar-refractivity contribution is 0.0817. The van der Waals surface area contributed by atoms with Crippen molar-refractivity contribution in [1.82, 2.24) is 4.98 Å². The van der Waals surface area contributed by atoms with Gasteiger partial charge in [0, 0.05) is 13.1 Å². The second-order valence-corrected chi connectivity index (χ2v) is 6.00. The Morgan fingerprint density at radius 1 is 1.25 bits per heavy atom. The standard InChI is InChI=1S/C12H20N2OS/c1-9-10(12(2,3)15)16-11(13-9)14-7-5-4-6-8-14/h15H,4-8H2,1-3H3. The predicted molar refractivity (Wildman–Crippen MR) is 68.2 cm³/mol. The Morgan fingerprint density at radius 2 is 1.88 bits per heavy atom. The molecule has 0 aromatic carbocycles. The molecule has 90 valence electrons. The molecule has 1 saturated heterocycles. The Kier molecular flexibility index (Phi) is 3.22. The molecule has 1 aromatic heterocycles. The largest absolute Gasteiger partial charge is 0.385 e. The van der Waals surface area contributed by atoms with Crippen LogP contribution in [-0.4, -0.2) is 23.2 Å². The van der Waals surface area contributed by atoms with Crippen LogP contribution >= 0.6 is 11.3 Å². The molecule has 1 fully saturated rings. The Bertz CT molecular complexity index is 362. The van der Waals surface area contributed by atoms with Crippen LogP contribution in [0.15, 0.2) is 0 Å². The van der Waals surface area contributed by atoms with Gasteiger partial charge in [-0.15, -0.1) is 0 Å². The minimum absolute atomic E-state index is 0.768. The van der Waals surface area contributed by atoms with Crippen LogP contribution in [0.5, 0.6) is 0 Å². The highest BCUT2D eigenvalue weighted by Gasteiger charge is 2.25. The minimum Gasteiger partial charge on any atom is -0.385 e. The maximum Gasteiger partial charge on any atom is 0.185 e. The third kappa shape index (κ3) is 2.38. The normalized spacial score (nSPS) is 17.9. The van der Waals surface area contributed by atoms with E-state index in [9.17, 15) is 5.11 Å². The van der Waals surface area contributed by atoms with E-state index in [1.165, 1.54) is 19.3 Å². The van der Waals surface area contributed by atoms with E-state index >= 15 is 0 Å². The predicted octanol–water partition coefficient (Wildman–Crippen LogP) is 2.67. The van der Waals surface area contributed by atoms with E-state index in [0.717, 1.165) is 28.8 Å². The minimum atomic E-state index is -0.768. The number of rotatable bonds is 2. The summed E-state index contributed by atoms with van der Waals surface area (Å²) in [6.45, 7) is 7.86. The van der Waals surface area contributed by atoms with Crippen LogP contribution < -0.4 is 4.90 Å². The first-order valence-corrected chi connectivity index (χ1v) is 6.75. The van der Waals surface area contributed by atoms with Gasteiger partial charge in [-0.1, -0.05) is 11.3 Å². The monoisotopic (exact) mass is 240 g/mol. The Balaban J connectivity index is 2.23. The lowest BCUT2D eigenvalue weighted by atomic mass is 10.1. The van der Waals surface area contributed by atoms with Gasteiger partial charge in [0.1, 0.15) is 0 Å². The smallest absolute Gasteiger partial charge is 0.185 e. The van der Waals surface area contributed by atoms with E-state index in [4.69, 9.17) is 0 Å². The van der Waals surface area contributed by atoms with Crippen LogP contribution in [0.2, 0.25) is 0 Å². The fourth-order valence-corrected chi connectivity index (χ4v) is 3.29. The van der Waals surface area contributed by atoms with Gasteiger partial charge in [0.25, 0.3) is 0 Å². The van der Waals surface area contributed by atoms with Gasteiger partial charge >= 0.3 is 0 Å². The molecule has 4 heteroatoms. The van der Waals surface area contributed by atoms with Crippen LogP contribution in [0.3, 0.4) is 0 Å². The first kappa shape index (κ1) is 11.9. The average molecular weight is 240 g/mol. The van der Waals surface area contributed by atoms with Crippen molar-refractivity contribution in [3.63, 3.8) is 0 Å². The lowest BCUT2D eigenvalue weighted by Gasteiger charge is -2.26. The maximum atomic E-state index is 10.0. The Morgan fingerprint density at radius 3 is 2.38 bits per heavy atom. The van der Waals surface area contributed by atoms with E-state index in [0.29, 0.717) is 0 Å². The van der Waals surface area contributed by atoms with Gasteiger partial charge in [0.15, 0.2) is 5.13 Å². The van der Waals surface area contributed by atoms with E-state index in [2.05, 4.69) is 9.88 Å². The quantitative estimate of drug-likeness (QED) is 0.863. The van der Waals surface area contributed by atoms with Crippen molar-refractivity contribution in [2.75, 3.05) is 18.0 Å². The molecule has 0 spiro atoms. The van der Waals surface area contributed by atoms with Gasteiger partial charge in [-0.3, -0.25) is 0 Å². The molecule has 16 heavy (non-hydrogen) atoms. The molecule has 0 unspecified atom stereocenters. The number of anilines is 1. The van der Waals surface area contributed by atoms with Crippen LogP contribution in [-0.2, 0) is 5.60 Å². The molecule has 0 aliphatic carbocycles. The molecule has 0 bridgehead atoms. The number of hydrogen-bond donors (Lipinski definition) is 1. The molecule has 1 aliphatic rings. The third-order valence-electron chi connectivity index (χ3n) is 2.97. The summed E-state index contributed by atoms with van der Waals surface area (Å²) in [6.07, 6.45) is 3.85. The fourth-order valence-electron chi connectivity index (χ4n) is 2.17. The molecule has 0 atom stereocenters. The van der Waals surface area contributed by atoms with E-state index in [1.54, 1.807) is 11.3 Å². The number of nitrogens with zero attached hydrogens (tertiary/aromatic N) is 2. The van der Waals surface area contributed by atoms with Crippen molar-refractivity contribution < 1.29 is 5.11 Å². The highest BCUT2D eigenvalue weighted by Crippen LogP contribution is 2.34. The molecule has 1 aliphatic heterocycles. The lowest BCUT2D eigenvalue weighted by Crippen LogP contribution is -2.29. The fraction of sp³-hybridized carbons (Fsp3) is 0.750. The number of piperidine rings is 1. The molecule has 0 amide bonds. The van der Waals surface area contributed by atoms with Crippen molar-refractivity contribution in [1.29, 1.82) is 0 Å². The molecule has 1 N–H and O–H groups in total. The van der Waals surface area contributed by atoms with Crippen molar-refractivity contribution in [3.05, 3.63) is 10.6 Å². The van der Waals surface area contributed by atoms with Gasteiger partial charge in [-0.25, -0.2) is 4.98 Å². The summed E-state index contributed by atoms with van der Waals surface area (Å²) in [7, 11) is 0. The zero-order valence-electron chi connectivity index (χ0n) is 10.3. The number of aromatic nitrogens is 1. The van der Waals surface area contributed by atoms with E-state index in [-0.39, 0.29) is 0 Å². The summed E-state index contributed by atoms with van der Waals surface area (Å²) in [5, 5.41) is 11.1. The highest BCUT2D eigenvalue weighted by atomic mass is 32.1. The van der Waals surface area contributed by atoms with Crippen LogP contribution in [0.4, 0.5) is 5.13 Å². The van der Waals surface area contributed by atoms with Crippen molar-refractivity contribution >= 4 is 16.5 Å². The Hall–Kier alpha value is -0.610. The SMILES string of the molecule is Cc1nc(N2CCCCC2)sc1C(C)(C)O. The summed E-state index contributed by atoms with van der Waals surface area (Å²) < 4.78 is 0. The van der Waals surface area contributed by atoms with Crippen molar-refractivity contribution in [2.45, 2.75) is 45.6 Å². The first-order chi connectivity index (χ1) is 7.48. The maximum absolute atomic E-state index is 10.0. The third-order valence-corrected chi connectivity index (χ3v) is 4.50. The second kappa shape index (κ2) is 4.34. The summed E-state index contributed by atoms with van der Waals surface area (Å²) in [5.74, 6) is 0.